The Morgan fingerprint density at radius 3 is 2.41 bits per heavy atom. The van der Waals surface area contributed by atoms with Crippen molar-refractivity contribution in [2.24, 2.45) is 5.73 Å². The molecular weight excluding hydrogens is 477 g/mol. The number of rotatable bonds is 7. The molecule has 0 saturated heterocycles. The van der Waals surface area contributed by atoms with Crippen molar-refractivity contribution in [1.29, 1.82) is 0 Å². The average Bonchev–Trinajstić information content (AvgIpc) is 3.16. The molecule has 3 rings (SSSR count). The molecule has 0 bridgehead atoms. The second-order valence-electron chi connectivity index (χ2n) is 6.42. The Labute approximate surface area is 198 Å². The molecule has 0 aliphatic rings. The minimum atomic E-state index is -0.935. The van der Waals surface area contributed by atoms with Crippen LogP contribution in [0, 0.1) is 0 Å². The molecule has 9 nitrogen and oxygen atoms in total. The lowest BCUT2D eigenvalue weighted by Crippen LogP contribution is -2.39. The molecule has 168 valence electrons. The summed E-state index contributed by atoms with van der Waals surface area (Å²) in [7, 11) is 3.05. The third-order valence-electron chi connectivity index (χ3n) is 4.33. The van der Waals surface area contributed by atoms with Crippen molar-refractivity contribution in [2.45, 2.75) is 17.3 Å². The van der Waals surface area contributed by atoms with E-state index in [1.165, 1.54) is 14.2 Å². The van der Waals surface area contributed by atoms with Crippen LogP contribution in [0.5, 0.6) is 11.5 Å². The number of nitrogens with zero attached hydrogens (tertiary/aromatic N) is 3. The van der Waals surface area contributed by atoms with Crippen molar-refractivity contribution in [3.8, 4) is 28.6 Å². The van der Waals surface area contributed by atoms with Crippen LogP contribution in [-0.4, -0.2) is 46.2 Å². The van der Waals surface area contributed by atoms with Crippen LogP contribution in [0.3, 0.4) is 0 Å². The summed E-state index contributed by atoms with van der Waals surface area (Å²) in [6.07, 6.45) is 0. The zero-order valence-electron chi connectivity index (χ0n) is 17.3. The highest BCUT2D eigenvalue weighted by atomic mass is 35.5. The van der Waals surface area contributed by atoms with Gasteiger partial charge >= 0.3 is 6.03 Å². The Balaban J connectivity index is 2.15. The van der Waals surface area contributed by atoms with E-state index < -0.39 is 17.2 Å². The van der Waals surface area contributed by atoms with E-state index in [-0.39, 0.29) is 0 Å². The van der Waals surface area contributed by atoms with E-state index in [0.29, 0.717) is 43.8 Å². The van der Waals surface area contributed by atoms with E-state index in [2.05, 4.69) is 15.5 Å². The lowest BCUT2D eigenvalue weighted by Gasteiger charge is -2.15. The Kier molecular flexibility index (Phi) is 7.49. The Hall–Kier alpha value is -2.95. The summed E-state index contributed by atoms with van der Waals surface area (Å²) in [5.74, 6) is 0.870. The summed E-state index contributed by atoms with van der Waals surface area (Å²) >= 11 is 13.6. The molecule has 3 amide bonds. The highest BCUT2D eigenvalue weighted by Crippen LogP contribution is 2.37. The van der Waals surface area contributed by atoms with Gasteiger partial charge in [0.15, 0.2) is 11.0 Å². The molecule has 0 radical (unpaired) electrons. The highest BCUT2D eigenvalue weighted by Gasteiger charge is 2.24. The van der Waals surface area contributed by atoms with Crippen LogP contribution >= 0.6 is 35.0 Å². The predicted molar refractivity (Wildman–Crippen MR) is 123 cm³/mol. The van der Waals surface area contributed by atoms with Gasteiger partial charge in [-0.05, 0) is 43.3 Å². The van der Waals surface area contributed by atoms with Crippen LogP contribution in [0.25, 0.3) is 17.1 Å². The fourth-order valence-corrected chi connectivity index (χ4v) is 4.13. The van der Waals surface area contributed by atoms with E-state index in [1.54, 1.807) is 47.9 Å². The molecule has 0 saturated carbocycles. The molecule has 1 heterocycles. The van der Waals surface area contributed by atoms with E-state index in [0.717, 1.165) is 11.8 Å². The first-order valence-corrected chi connectivity index (χ1v) is 10.8. The lowest BCUT2D eigenvalue weighted by atomic mass is 10.2. The quantitative estimate of drug-likeness (QED) is 0.476. The van der Waals surface area contributed by atoms with Gasteiger partial charge in [0.05, 0.1) is 35.7 Å². The largest absolute Gasteiger partial charge is 0.496 e. The van der Waals surface area contributed by atoms with Gasteiger partial charge in [-0.15, -0.1) is 10.2 Å². The van der Waals surface area contributed by atoms with Gasteiger partial charge < -0.3 is 15.2 Å². The standard InChI is InChI=1S/C20H19Cl2N5O4S/c1-10(18(28)24-19(23)29)32-20-26-25-17(13-8-11(21)4-6-15(13)30-2)27(20)12-5-7-16(31-3)14(22)9-12/h4-10H,1-3H3,(H3,23,24,28,29). The molecule has 2 aromatic carbocycles. The Morgan fingerprint density at radius 2 is 1.78 bits per heavy atom. The molecule has 3 N–H and O–H groups in total. The first-order chi connectivity index (χ1) is 15.2. The zero-order valence-corrected chi connectivity index (χ0v) is 19.6. The van der Waals surface area contributed by atoms with Crippen molar-refractivity contribution in [3.63, 3.8) is 0 Å². The molecule has 0 spiro atoms. The topological polar surface area (TPSA) is 121 Å². The van der Waals surface area contributed by atoms with Gasteiger partial charge in [0.2, 0.25) is 5.91 Å². The van der Waals surface area contributed by atoms with E-state index in [1.807, 2.05) is 0 Å². The number of benzene rings is 2. The van der Waals surface area contributed by atoms with Gasteiger partial charge in [0, 0.05) is 5.02 Å². The molecule has 32 heavy (non-hydrogen) atoms. The van der Waals surface area contributed by atoms with Crippen LogP contribution < -0.4 is 20.5 Å². The lowest BCUT2D eigenvalue weighted by molar-refractivity contribution is -0.119. The van der Waals surface area contributed by atoms with Crippen LogP contribution in [0.1, 0.15) is 6.92 Å². The summed E-state index contributed by atoms with van der Waals surface area (Å²) in [6.45, 7) is 1.61. The molecule has 1 unspecified atom stereocenters. The molecule has 12 heteroatoms. The number of carbonyl (C=O) groups is 2. The minimum absolute atomic E-state index is 0.371. The summed E-state index contributed by atoms with van der Waals surface area (Å²) in [5, 5.41) is 11.1. The van der Waals surface area contributed by atoms with Crippen molar-refractivity contribution in [1.82, 2.24) is 20.1 Å². The van der Waals surface area contributed by atoms with Gasteiger partial charge in [-0.2, -0.15) is 0 Å². The Morgan fingerprint density at radius 1 is 1.09 bits per heavy atom. The second kappa shape index (κ2) is 10.1. The number of primary amides is 1. The van der Waals surface area contributed by atoms with Crippen molar-refractivity contribution < 1.29 is 19.1 Å². The second-order valence-corrected chi connectivity index (χ2v) is 8.57. The summed E-state index contributed by atoms with van der Waals surface area (Å²) in [5.41, 5.74) is 6.25. The maximum Gasteiger partial charge on any atom is 0.318 e. The smallest absolute Gasteiger partial charge is 0.318 e. The highest BCUT2D eigenvalue weighted by molar-refractivity contribution is 8.00. The van der Waals surface area contributed by atoms with Crippen molar-refractivity contribution >= 4 is 46.9 Å². The van der Waals surface area contributed by atoms with Crippen LogP contribution in [0.15, 0.2) is 41.6 Å². The number of hydrogen-bond donors (Lipinski definition) is 2. The van der Waals surface area contributed by atoms with E-state index in [4.69, 9.17) is 38.4 Å². The number of nitrogens with one attached hydrogen (secondary N) is 1. The van der Waals surface area contributed by atoms with Gasteiger partial charge in [-0.3, -0.25) is 14.7 Å². The molecular formula is C20H19Cl2N5O4S. The van der Waals surface area contributed by atoms with E-state index >= 15 is 0 Å². The number of carbonyl (C=O) groups excluding carboxylic acids is 2. The SMILES string of the molecule is COc1ccc(-n2c(SC(C)C(=O)NC(N)=O)nnc2-c2cc(Cl)ccc2OC)cc1Cl. The van der Waals surface area contributed by atoms with Crippen LogP contribution in [0.4, 0.5) is 4.79 Å². The minimum Gasteiger partial charge on any atom is -0.496 e. The number of hydrogen-bond acceptors (Lipinski definition) is 7. The molecule has 1 atom stereocenters. The van der Waals surface area contributed by atoms with Gasteiger partial charge in [-0.1, -0.05) is 35.0 Å². The fourth-order valence-electron chi connectivity index (χ4n) is 2.84. The average molecular weight is 496 g/mol. The monoisotopic (exact) mass is 495 g/mol. The summed E-state index contributed by atoms with van der Waals surface area (Å²) in [6, 6.07) is 9.33. The van der Waals surface area contributed by atoms with Crippen molar-refractivity contribution in [2.75, 3.05) is 14.2 Å². The van der Waals surface area contributed by atoms with Gasteiger partial charge in [0.1, 0.15) is 11.5 Å². The number of ether oxygens (including phenoxy) is 2. The summed E-state index contributed by atoms with van der Waals surface area (Å²) < 4.78 is 12.4. The molecule has 1 aromatic heterocycles. The zero-order chi connectivity index (χ0) is 23.4. The maximum atomic E-state index is 12.2. The van der Waals surface area contributed by atoms with Gasteiger partial charge in [-0.25, -0.2) is 4.79 Å². The number of aromatic nitrogens is 3. The maximum absolute atomic E-state index is 12.2. The Bertz CT molecular complexity index is 1170. The predicted octanol–water partition coefficient (Wildman–Crippen LogP) is 3.93. The number of thioether (sulfide) groups is 1. The normalized spacial score (nSPS) is 11.7. The third-order valence-corrected chi connectivity index (χ3v) is 5.90. The number of imide groups is 1. The van der Waals surface area contributed by atoms with Crippen LogP contribution in [-0.2, 0) is 4.79 Å². The molecule has 3 aromatic rings. The molecule has 0 aliphatic carbocycles. The molecule has 0 aliphatic heterocycles. The number of urea groups is 1. The third kappa shape index (κ3) is 5.09. The first-order valence-electron chi connectivity index (χ1n) is 9.15. The first kappa shape index (κ1) is 23.7. The molecule has 0 fully saturated rings. The van der Waals surface area contributed by atoms with E-state index in [9.17, 15) is 9.59 Å². The summed E-state index contributed by atoms with van der Waals surface area (Å²) in [4.78, 5) is 23.2. The fraction of sp³-hybridized carbons (Fsp3) is 0.200. The van der Waals surface area contributed by atoms with Gasteiger partial charge in [0.25, 0.3) is 0 Å². The van der Waals surface area contributed by atoms with Crippen molar-refractivity contribution in [3.05, 3.63) is 46.4 Å². The number of nitrogens with two attached hydrogens (primary N) is 1. The number of amides is 3. The number of halogens is 2. The number of methoxy groups -OCH3 is 2. The van der Waals surface area contributed by atoms with Crippen LogP contribution in [0.2, 0.25) is 10.0 Å².